The van der Waals surface area contributed by atoms with E-state index in [1.54, 1.807) is 6.07 Å². The van der Waals surface area contributed by atoms with Crippen LogP contribution in [-0.4, -0.2) is 17.2 Å². The van der Waals surface area contributed by atoms with Crippen molar-refractivity contribution in [2.75, 3.05) is 11.9 Å². The van der Waals surface area contributed by atoms with E-state index in [1.807, 2.05) is 6.07 Å². The zero-order chi connectivity index (χ0) is 15.9. The fourth-order valence-corrected chi connectivity index (χ4v) is 3.27. The molecule has 1 aliphatic heterocycles. The minimum Gasteiger partial charge on any atom is -0.348 e. The first-order valence-electron chi connectivity index (χ1n) is 6.26. The third kappa shape index (κ3) is 2.73. The number of hydrogen-bond donors (Lipinski definition) is 1. The van der Waals surface area contributed by atoms with Gasteiger partial charge < -0.3 is 5.32 Å². The summed E-state index contributed by atoms with van der Waals surface area (Å²) >= 11 is 12.0. The summed E-state index contributed by atoms with van der Waals surface area (Å²) in [5.41, 5.74) is 1.29. The second-order valence-corrected chi connectivity index (χ2v) is 6.73. The molecule has 0 spiro atoms. The molecule has 2 nitrogen and oxygen atoms in total. The van der Waals surface area contributed by atoms with E-state index in [2.05, 4.69) is 42.2 Å². The lowest BCUT2D eigenvalue weighted by Crippen LogP contribution is -2.12. The van der Waals surface area contributed by atoms with E-state index in [-0.39, 0.29) is 17.8 Å². The number of benzene rings is 2. The van der Waals surface area contributed by atoms with Gasteiger partial charge in [0.1, 0.15) is 16.6 Å². The zero-order valence-corrected chi connectivity index (χ0v) is 14.9. The Labute approximate surface area is 147 Å². The van der Waals surface area contributed by atoms with Crippen molar-refractivity contribution in [1.29, 1.82) is 0 Å². The summed E-state index contributed by atoms with van der Waals surface area (Å²) in [4.78, 5) is 4.81. The Morgan fingerprint density at radius 3 is 2.41 bits per heavy atom. The van der Waals surface area contributed by atoms with Gasteiger partial charge in [-0.3, -0.25) is 4.99 Å². The molecule has 0 amide bonds. The maximum atomic E-state index is 14.2. The number of benzodiazepines with no additional fused rings is 1. The highest BCUT2D eigenvalue weighted by molar-refractivity contribution is 9.13. The van der Waals surface area contributed by atoms with E-state index in [0.717, 1.165) is 4.47 Å². The number of hydrogen-bond acceptors (Lipinski definition) is 2. The number of anilines is 1. The number of thiocarbonyl (C=S) groups is 1. The Hall–Kier alpha value is -1.18. The van der Waals surface area contributed by atoms with Crippen molar-refractivity contribution in [1.82, 2.24) is 0 Å². The smallest absolute Gasteiger partial charge is 0.135 e. The molecule has 0 radical (unpaired) electrons. The first kappa shape index (κ1) is 15.7. The standard InChI is InChI=1S/C15H8Br2F2N2S/c16-7-4-5-10-13(14(7)17)15(20-6-11(22)21-10)12-8(18)2-1-3-9(12)19/h1-5H,6H2,(H,21,22). The third-order valence-electron chi connectivity index (χ3n) is 3.19. The van der Waals surface area contributed by atoms with Crippen LogP contribution < -0.4 is 5.32 Å². The molecule has 3 rings (SSSR count). The average molecular weight is 446 g/mol. The van der Waals surface area contributed by atoms with Gasteiger partial charge in [-0.2, -0.15) is 0 Å². The summed E-state index contributed by atoms with van der Waals surface area (Å²) in [6.07, 6.45) is 0. The molecule has 0 unspecified atom stereocenters. The van der Waals surface area contributed by atoms with Crippen LogP contribution >= 0.6 is 44.1 Å². The summed E-state index contributed by atoms with van der Waals surface area (Å²) in [6, 6.07) is 7.35. The molecule has 0 atom stereocenters. The van der Waals surface area contributed by atoms with Crippen LogP contribution in [0.3, 0.4) is 0 Å². The van der Waals surface area contributed by atoms with Gasteiger partial charge in [0.05, 0.1) is 17.8 Å². The third-order valence-corrected chi connectivity index (χ3v) is 5.43. The molecule has 1 heterocycles. The second-order valence-electron chi connectivity index (χ2n) is 4.59. The van der Waals surface area contributed by atoms with Gasteiger partial charge in [-0.05, 0) is 56.1 Å². The zero-order valence-electron chi connectivity index (χ0n) is 11.0. The van der Waals surface area contributed by atoms with Gasteiger partial charge in [-0.1, -0.05) is 18.3 Å². The van der Waals surface area contributed by atoms with E-state index in [9.17, 15) is 8.78 Å². The Balaban J connectivity index is 2.34. The van der Waals surface area contributed by atoms with Gasteiger partial charge >= 0.3 is 0 Å². The van der Waals surface area contributed by atoms with Crippen LogP contribution in [0.25, 0.3) is 0 Å². The largest absolute Gasteiger partial charge is 0.348 e. The Bertz CT molecular complexity index is 801. The number of nitrogens with one attached hydrogen (secondary N) is 1. The Morgan fingerprint density at radius 1 is 1.05 bits per heavy atom. The fourth-order valence-electron chi connectivity index (χ4n) is 2.23. The number of fused-ring (bicyclic) bond motifs is 1. The van der Waals surface area contributed by atoms with Gasteiger partial charge in [0.15, 0.2) is 0 Å². The SMILES string of the molecule is Fc1cccc(F)c1C1=NCC(=S)Nc2ccc(Br)c(Br)c21. The molecular weight excluding hydrogens is 438 g/mol. The molecule has 0 bridgehead atoms. The lowest BCUT2D eigenvalue weighted by Gasteiger charge is -2.14. The van der Waals surface area contributed by atoms with E-state index in [1.165, 1.54) is 18.2 Å². The number of halogens is 4. The van der Waals surface area contributed by atoms with Crippen LogP contribution in [0.4, 0.5) is 14.5 Å². The Morgan fingerprint density at radius 2 is 1.73 bits per heavy atom. The minimum absolute atomic E-state index is 0.158. The van der Waals surface area contributed by atoms with Gasteiger partial charge in [-0.15, -0.1) is 0 Å². The maximum Gasteiger partial charge on any atom is 0.135 e. The molecule has 22 heavy (non-hydrogen) atoms. The lowest BCUT2D eigenvalue weighted by molar-refractivity contribution is 0.579. The molecule has 1 N–H and O–H groups in total. The van der Waals surface area contributed by atoms with E-state index < -0.39 is 11.6 Å². The van der Waals surface area contributed by atoms with Crippen molar-refractivity contribution in [3.8, 4) is 0 Å². The topological polar surface area (TPSA) is 24.4 Å². The van der Waals surface area contributed by atoms with Crippen molar-refractivity contribution < 1.29 is 8.78 Å². The molecule has 1 aliphatic rings. The molecule has 0 fully saturated rings. The van der Waals surface area contributed by atoms with Crippen LogP contribution in [0.15, 0.2) is 44.3 Å². The second kappa shape index (κ2) is 6.14. The van der Waals surface area contributed by atoms with Crippen molar-refractivity contribution in [3.63, 3.8) is 0 Å². The van der Waals surface area contributed by atoms with Crippen molar-refractivity contribution in [2.24, 2.45) is 4.99 Å². The molecule has 0 saturated carbocycles. The van der Waals surface area contributed by atoms with Crippen LogP contribution in [0, 0.1) is 11.6 Å². The number of rotatable bonds is 1. The van der Waals surface area contributed by atoms with E-state index >= 15 is 0 Å². The predicted octanol–water partition coefficient (Wildman–Crippen LogP) is 5.08. The normalized spacial score (nSPS) is 14.0. The summed E-state index contributed by atoms with van der Waals surface area (Å²) in [5, 5.41) is 3.05. The van der Waals surface area contributed by atoms with Gasteiger partial charge in [0, 0.05) is 20.2 Å². The maximum absolute atomic E-state index is 14.2. The van der Waals surface area contributed by atoms with Crippen LogP contribution in [-0.2, 0) is 0 Å². The van der Waals surface area contributed by atoms with E-state index in [4.69, 9.17) is 12.2 Å². The minimum atomic E-state index is -0.663. The number of nitrogens with zero attached hydrogens (tertiary/aromatic N) is 1. The first-order valence-corrected chi connectivity index (χ1v) is 8.25. The van der Waals surface area contributed by atoms with Crippen molar-refractivity contribution >= 4 is 60.5 Å². The predicted molar refractivity (Wildman–Crippen MR) is 94.9 cm³/mol. The van der Waals surface area contributed by atoms with E-state index in [0.29, 0.717) is 20.7 Å². The Kier molecular flexibility index (Phi) is 4.38. The van der Waals surface area contributed by atoms with Crippen LogP contribution in [0.1, 0.15) is 11.1 Å². The molecule has 2 aromatic carbocycles. The molecular formula is C15H8Br2F2N2S. The highest BCUT2D eigenvalue weighted by atomic mass is 79.9. The van der Waals surface area contributed by atoms with Gasteiger partial charge in [-0.25, -0.2) is 8.78 Å². The monoisotopic (exact) mass is 444 g/mol. The molecule has 0 saturated heterocycles. The quantitative estimate of drug-likeness (QED) is 0.619. The van der Waals surface area contributed by atoms with Crippen LogP contribution in [0.2, 0.25) is 0 Å². The van der Waals surface area contributed by atoms with Crippen molar-refractivity contribution in [2.45, 2.75) is 0 Å². The summed E-state index contributed by atoms with van der Waals surface area (Å²) in [7, 11) is 0. The van der Waals surface area contributed by atoms with Gasteiger partial charge in [0.25, 0.3) is 0 Å². The summed E-state index contributed by atoms with van der Waals surface area (Å²) in [5.74, 6) is -1.33. The highest BCUT2D eigenvalue weighted by Crippen LogP contribution is 2.36. The first-order chi connectivity index (χ1) is 10.5. The summed E-state index contributed by atoms with van der Waals surface area (Å²) < 4.78 is 29.8. The fraction of sp³-hybridized carbons (Fsp3) is 0.0667. The molecule has 0 aromatic heterocycles. The highest BCUT2D eigenvalue weighted by Gasteiger charge is 2.25. The molecule has 7 heteroatoms. The average Bonchev–Trinajstić information content (AvgIpc) is 2.63. The summed E-state index contributed by atoms with van der Waals surface area (Å²) in [6.45, 7) is 0.164. The number of aliphatic imine (C=N–C) groups is 1. The lowest BCUT2D eigenvalue weighted by atomic mass is 9.99. The molecule has 112 valence electrons. The van der Waals surface area contributed by atoms with Crippen LogP contribution in [0.5, 0.6) is 0 Å². The van der Waals surface area contributed by atoms with Crippen molar-refractivity contribution in [3.05, 3.63) is 62.0 Å². The van der Waals surface area contributed by atoms with Gasteiger partial charge in [0.2, 0.25) is 0 Å². The molecule has 2 aromatic rings. The molecule has 0 aliphatic carbocycles.